The fourth-order valence-corrected chi connectivity index (χ4v) is 1.43. The lowest BCUT2D eigenvalue weighted by Gasteiger charge is -2.05. The highest BCUT2D eigenvalue weighted by Crippen LogP contribution is 2.21. The van der Waals surface area contributed by atoms with Crippen LogP contribution in [0.4, 0.5) is 13.2 Å². The van der Waals surface area contributed by atoms with Crippen LogP contribution in [0.3, 0.4) is 0 Å². The van der Waals surface area contributed by atoms with Gasteiger partial charge in [0.25, 0.3) is 0 Å². The van der Waals surface area contributed by atoms with Gasteiger partial charge in [0, 0.05) is 12.8 Å². The Labute approximate surface area is 93.3 Å². The highest BCUT2D eigenvalue weighted by atomic mass is 79.9. The van der Waals surface area contributed by atoms with Gasteiger partial charge in [0.1, 0.15) is 12.2 Å². The lowest BCUT2D eigenvalue weighted by Crippen LogP contribution is -2.18. The maximum absolute atomic E-state index is 12.0. The molecule has 0 fully saturated rings. The summed E-state index contributed by atoms with van der Waals surface area (Å²) in [6, 6.07) is 0. The van der Waals surface area contributed by atoms with E-state index in [-0.39, 0.29) is 6.61 Å². The minimum Gasteiger partial charge on any atom is -0.375 e. The van der Waals surface area contributed by atoms with Gasteiger partial charge in [-0.1, -0.05) is 0 Å². The van der Waals surface area contributed by atoms with E-state index < -0.39 is 12.7 Å². The van der Waals surface area contributed by atoms with Crippen LogP contribution in [0.5, 0.6) is 0 Å². The van der Waals surface area contributed by atoms with E-state index in [0.717, 1.165) is 4.68 Å². The first-order valence-electron chi connectivity index (χ1n) is 4.28. The Balaban J connectivity index is 2.68. The van der Waals surface area contributed by atoms with Crippen LogP contribution in [0.15, 0.2) is 10.7 Å². The molecular formula is C8H10BrF3N2O. The number of rotatable bonds is 4. The predicted octanol–water partition coefficient (Wildman–Crippen LogP) is 2.74. The van der Waals surface area contributed by atoms with E-state index in [0.29, 0.717) is 16.8 Å². The van der Waals surface area contributed by atoms with Gasteiger partial charge in [0.15, 0.2) is 0 Å². The first-order chi connectivity index (χ1) is 6.92. The Bertz CT molecular complexity index is 324. The molecular weight excluding hydrogens is 277 g/mol. The second-order valence-corrected chi connectivity index (χ2v) is 3.73. The van der Waals surface area contributed by atoms with Gasteiger partial charge in [-0.15, -0.1) is 0 Å². The molecule has 0 spiro atoms. The molecule has 1 rings (SSSR count). The van der Waals surface area contributed by atoms with Gasteiger partial charge in [-0.25, -0.2) is 0 Å². The van der Waals surface area contributed by atoms with E-state index in [1.807, 2.05) is 0 Å². The molecule has 0 aliphatic rings. The summed E-state index contributed by atoms with van der Waals surface area (Å²) in [4.78, 5) is 0. The molecule has 7 heteroatoms. The van der Waals surface area contributed by atoms with Crippen molar-refractivity contribution < 1.29 is 17.9 Å². The van der Waals surface area contributed by atoms with Crippen LogP contribution in [-0.4, -0.2) is 22.6 Å². The van der Waals surface area contributed by atoms with Crippen LogP contribution in [-0.2, 0) is 17.9 Å². The maximum Gasteiger partial charge on any atom is 0.408 e. The van der Waals surface area contributed by atoms with Crippen molar-refractivity contribution in [3.63, 3.8) is 0 Å². The summed E-state index contributed by atoms with van der Waals surface area (Å²) in [5.74, 6) is 0. The first-order valence-corrected chi connectivity index (χ1v) is 5.08. The van der Waals surface area contributed by atoms with Crippen LogP contribution in [0, 0.1) is 0 Å². The molecule has 1 heterocycles. The molecule has 0 unspecified atom stereocenters. The van der Waals surface area contributed by atoms with E-state index in [1.165, 1.54) is 6.20 Å². The summed E-state index contributed by atoms with van der Waals surface area (Å²) < 4.78 is 42.5. The molecule has 0 bridgehead atoms. The van der Waals surface area contributed by atoms with Crippen molar-refractivity contribution >= 4 is 15.9 Å². The highest BCUT2D eigenvalue weighted by Gasteiger charge is 2.28. The highest BCUT2D eigenvalue weighted by molar-refractivity contribution is 9.10. The van der Waals surface area contributed by atoms with E-state index in [4.69, 9.17) is 4.74 Å². The molecule has 0 aliphatic heterocycles. The molecule has 1 aromatic heterocycles. The van der Waals surface area contributed by atoms with Crippen LogP contribution < -0.4 is 0 Å². The zero-order valence-electron chi connectivity index (χ0n) is 8.01. The third-order valence-corrected chi connectivity index (χ3v) is 2.23. The van der Waals surface area contributed by atoms with E-state index in [9.17, 15) is 13.2 Å². The Hall–Kier alpha value is -0.560. The zero-order valence-corrected chi connectivity index (χ0v) is 9.60. The summed E-state index contributed by atoms with van der Waals surface area (Å²) in [6.07, 6.45) is -2.96. The average molecular weight is 287 g/mol. The molecule has 0 saturated carbocycles. The summed E-state index contributed by atoms with van der Waals surface area (Å²) in [5, 5.41) is 3.76. The quantitative estimate of drug-likeness (QED) is 0.851. The smallest absolute Gasteiger partial charge is 0.375 e. The SMILES string of the molecule is CCOCc1nn(CC(F)(F)F)cc1Br. The van der Waals surface area contributed by atoms with Gasteiger partial charge in [0.2, 0.25) is 0 Å². The van der Waals surface area contributed by atoms with Crippen LogP contribution >= 0.6 is 15.9 Å². The molecule has 0 saturated heterocycles. The molecule has 0 N–H and O–H groups in total. The second-order valence-electron chi connectivity index (χ2n) is 2.87. The summed E-state index contributed by atoms with van der Waals surface area (Å²) in [5.41, 5.74) is 0.473. The third-order valence-electron chi connectivity index (χ3n) is 1.57. The van der Waals surface area contributed by atoms with Crippen molar-refractivity contribution in [3.8, 4) is 0 Å². The van der Waals surface area contributed by atoms with Gasteiger partial charge in [0.05, 0.1) is 11.1 Å². The molecule has 15 heavy (non-hydrogen) atoms. The standard InChI is InChI=1S/C8H10BrF3N2O/c1-2-15-4-7-6(9)3-14(13-7)5-8(10,11)12/h3H,2,4-5H2,1H3. The average Bonchev–Trinajstić information content (AvgIpc) is 2.39. The number of nitrogens with zero attached hydrogens (tertiary/aromatic N) is 2. The van der Waals surface area contributed by atoms with Gasteiger partial charge in [-0.3, -0.25) is 4.68 Å². The lowest BCUT2D eigenvalue weighted by atomic mass is 10.5. The van der Waals surface area contributed by atoms with Gasteiger partial charge < -0.3 is 4.74 Å². The molecule has 0 aromatic carbocycles. The minimum atomic E-state index is -4.26. The zero-order chi connectivity index (χ0) is 11.5. The minimum absolute atomic E-state index is 0.210. The van der Waals surface area contributed by atoms with Crippen molar-refractivity contribution in [1.82, 2.24) is 9.78 Å². The van der Waals surface area contributed by atoms with Crippen molar-refractivity contribution in [2.75, 3.05) is 6.61 Å². The number of alkyl halides is 3. The van der Waals surface area contributed by atoms with Crippen LogP contribution in [0.1, 0.15) is 12.6 Å². The van der Waals surface area contributed by atoms with Crippen LogP contribution in [0.2, 0.25) is 0 Å². The number of hydrogen-bond acceptors (Lipinski definition) is 2. The topological polar surface area (TPSA) is 27.1 Å². The Kier molecular flexibility index (Phi) is 4.15. The van der Waals surface area contributed by atoms with Crippen LogP contribution in [0.25, 0.3) is 0 Å². The number of hydrogen-bond donors (Lipinski definition) is 0. The monoisotopic (exact) mass is 286 g/mol. The fraction of sp³-hybridized carbons (Fsp3) is 0.625. The Morgan fingerprint density at radius 1 is 1.53 bits per heavy atom. The maximum atomic E-state index is 12.0. The number of halogens is 4. The van der Waals surface area contributed by atoms with Crippen molar-refractivity contribution in [1.29, 1.82) is 0 Å². The van der Waals surface area contributed by atoms with Crippen molar-refractivity contribution in [3.05, 3.63) is 16.4 Å². The van der Waals surface area contributed by atoms with Gasteiger partial charge >= 0.3 is 6.18 Å². The second kappa shape index (κ2) is 4.98. The predicted molar refractivity (Wildman–Crippen MR) is 51.3 cm³/mol. The molecule has 0 atom stereocenters. The van der Waals surface area contributed by atoms with E-state index in [1.54, 1.807) is 6.92 Å². The molecule has 0 amide bonds. The van der Waals surface area contributed by atoms with Crippen molar-refractivity contribution in [2.24, 2.45) is 0 Å². The normalized spacial score (nSPS) is 12.1. The van der Waals surface area contributed by atoms with Crippen molar-refractivity contribution in [2.45, 2.75) is 26.3 Å². The molecule has 3 nitrogen and oxygen atoms in total. The Morgan fingerprint density at radius 3 is 2.73 bits per heavy atom. The molecule has 0 radical (unpaired) electrons. The summed E-state index contributed by atoms with van der Waals surface area (Å²) >= 11 is 3.12. The number of ether oxygens (including phenoxy) is 1. The fourth-order valence-electron chi connectivity index (χ4n) is 0.998. The molecule has 1 aromatic rings. The molecule has 86 valence electrons. The lowest BCUT2D eigenvalue weighted by molar-refractivity contribution is -0.142. The van der Waals surface area contributed by atoms with Gasteiger partial charge in [-0.05, 0) is 22.9 Å². The van der Waals surface area contributed by atoms with Gasteiger partial charge in [-0.2, -0.15) is 18.3 Å². The summed E-state index contributed by atoms with van der Waals surface area (Å²) in [7, 11) is 0. The summed E-state index contributed by atoms with van der Waals surface area (Å²) in [6.45, 7) is 1.43. The third kappa shape index (κ3) is 4.21. The Morgan fingerprint density at radius 2 is 2.20 bits per heavy atom. The molecule has 0 aliphatic carbocycles. The van der Waals surface area contributed by atoms with E-state index >= 15 is 0 Å². The number of aromatic nitrogens is 2. The first kappa shape index (κ1) is 12.5. The largest absolute Gasteiger partial charge is 0.408 e. The van der Waals surface area contributed by atoms with E-state index in [2.05, 4.69) is 21.0 Å².